The van der Waals surface area contributed by atoms with E-state index in [1.165, 1.54) is 20.7 Å². The first-order valence-corrected chi connectivity index (χ1v) is 24.2. The molecule has 2 aliphatic heterocycles. The van der Waals surface area contributed by atoms with Crippen molar-refractivity contribution >= 4 is 55.5 Å². The van der Waals surface area contributed by atoms with Crippen LogP contribution in [0.5, 0.6) is 0 Å². The molecule has 1 aromatic carbocycles. The first-order chi connectivity index (χ1) is 31.7. The second-order valence-electron chi connectivity index (χ2n) is 16.0. The van der Waals surface area contributed by atoms with E-state index in [9.17, 15) is 59.1 Å². The fraction of sp³-hybridized carbons (Fsp3) is 0.595. The maximum absolute atomic E-state index is 13.5. The molecule has 0 amide bonds. The molecule has 0 radical (unpaired) electrons. The van der Waals surface area contributed by atoms with Crippen LogP contribution in [0.4, 0.5) is 28.7 Å². The lowest BCUT2D eigenvalue weighted by molar-refractivity contribution is -0.0719. The number of nitrogen functional groups attached to an aromatic ring is 1. The molecule has 28 nitrogen and oxygen atoms in total. The number of aryl methyl sites for hydroxylation is 2. The number of aliphatic hydroxyl groups excluding tert-OH is 6. The lowest BCUT2D eigenvalue weighted by atomic mass is 10.0. The third-order valence-electron chi connectivity index (χ3n) is 11.1. The van der Waals surface area contributed by atoms with Gasteiger partial charge in [-0.05, 0) is 89.7 Å². The number of fused-ring (bicyclic) bond motifs is 3. The number of aliphatic hydroxyl groups is 6. The number of aromatic amines is 2. The van der Waals surface area contributed by atoms with Gasteiger partial charge in [0.2, 0.25) is 0 Å². The Balaban J connectivity index is 1.06. The lowest BCUT2D eigenvalue weighted by Gasteiger charge is -2.42. The van der Waals surface area contributed by atoms with Gasteiger partial charge in [0.05, 0.1) is 37.5 Å². The summed E-state index contributed by atoms with van der Waals surface area (Å²) in [6, 6.07) is 3.38. The number of nitrogens with two attached hydrogens (primary N) is 1. The fourth-order valence-electron chi connectivity index (χ4n) is 7.48. The molecule has 10 atom stereocenters. The Morgan fingerprint density at radius 1 is 0.881 bits per heavy atom. The predicted molar refractivity (Wildman–Crippen MR) is 239 cm³/mol. The number of nitrogens with zero attached hydrogens (tertiary/aromatic N) is 6. The van der Waals surface area contributed by atoms with Crippen LogP contribution in [0.25, 0.3) is 11.2 Å². The highest BCUT2D eigenvalue weighted by molar-refractivity contribution is 7.61. The van der Waals surface area contributed by atoms with Crippen LogP contribution < -0.4 is 42.7 Å². The van der Waals surface area contributed by atoms with E-state index >= 15 is 0 Å². The van der Waals surface area contributed by atoms with Crippen LogP contribution in [-0.4, -0.2) is 172 Å². The normalized spacial score (nSPS) is 22.0. The van der Waals surface area contributed by atoms with Crippen molar-refractivity contribution in [2.45, 2.75) is 82.2 Å². The van der Waals surface area contributed by atoms with Gasteiger partial charge in [-0.2, -0.15) is 4.31 Å². The van der Waals surface area contributed by atoms with Gasteiger partial charge < -0.3 is 76.6 Å². The van der Waals surface area contributed by atoms with E-state index in [0.717, 1.165) is 49.9 Å². The van der Waals surface area contributed by atoms with E-state index < -0.39 is 95.7 Å². The minimum atomic E-state index is -5.60. The summed E-state index contributed by atoms with van der Waals surface area (Å²) in [4.78, 5) is 66.0. The minimum absolute atomic E-state index is 0.0242. The molecule has 3 aromatic heterocycles. The molecule has 67 heavy (non-hydrogen) atoms. The Morgan fingerprint density at radius 3 is 2.24 bits per heavy atom. The van der Waals surface area contributed by atoms with E-state index in [-0.39, 0.29) is 40.6 Å². The van der Waals surface area contributed by atoms with Gasteiger partial charge in [-0.3, -0.25) is 28.4 Å². The van der Waals surface area contributed by atoms with Crippen LogP contribution in [0, 0.1) is 13.8 Å². The zero-order chi connectivity index (χ0) is 48.8. The number of anilines is 5. The van der Waals surface area contributed by atoms with Crippen LogP contribution in [-0.2, 0) is 27.2 Å². The van der Waals surface area contributed by atoms with Gasteiger partial charge in [-0.15, -0.1) is 0 Å². The average molecular weight is 989 g/mol. The van der Waals surface area contributed by atoms with Crippen molar-refractivity contribution in [2.24, 2.45) is 0 Å². The first kappa shape index (κ1) is 52.1. The number of phosphoric acid groups is 2. The largest absolute Gasteiger partial charge is 0.481 e. The van der Waals surface area contributed by atoms with Crippen LogP contribution in [0.15, 0.2) is 34.4 Å². The number of β-amino-alcohol motifs (C(OH)–C–C–N with tert-alkyl or cyclic N) is 1. The molecule has 1 fully saturated rings. The summed E-state index contributed by atoms with van der Waals surface area (Å²) in [5, 5.41) is 75.6. The summed E-state index contributed by atoms with van der Waals surface area (Å²) < 4.78 is 46.0. The third kappa shape index (κ3) is 12.5. The quantitative estimate of drug-likeness (QED) is 0.0242. The van der Waals surface area contributed by atoms with Crippen molar-refractivity contribution < 1.29 is 67.7 Å². The third-order valence-corrected chi connectivity index (χ3v) is 13.7. The van der Waals surface area contributed by atoms with Crippen LogP contribution in [0.1, 0.15) is 36.6 Å². The SMILES string of the molecule is CNCCCNCCCNCC[C@@H](O)N1c2cc(C)c(C)cc2N(C[C@H](O)[C@H](O)[C@H](O)COP(=O)(O)OP(=O)(O)OC[C@H]2O[C@@H](n3cnc4c(N)ncnc43)[C@H](O)[C@@H]2O)c2[nH]c(=O)[nH]c(=O)c21. The topological polar surface area (TPSA) is 411 Å². The average Bonchev–Trinajstić information content (AvgIpc) is 3.82. The predicted octanol–water partition coefficient (Wildman–Crippen LogP) is -2.47. The highest BCUT2D eigenvalue weighted by Gasteiger charge is 2.47. The Kier molecular flexibility index (Phi) is 17.4. The molecule has 6 rings (SSSR count). The number of H-pyrrole nitrogens is 2. The minimum Gasteiger partial charge on any atom is -0.388 e. The molecular formula is C37H58N12O16P2. The van der Waals surface area contributed by atoms with Crippen molar-refractivity contribution in [3.63, 3.8) is 0 Å². The first-order valence-electron chi connectivity index (χ1n) is 21.2. The molecule has 0 bridgehead atoms. The molecule has 0 spiro atoms. The standard InChI is InChI=1S/C37H58N12O16P2/c1-19-12-21-22(13-20(19)2)49(26(52)6-11-41-10-5-9-40-8-4-7-39-3)28-34(45-37(57)46-35(28)56)47(21)14-23(50)29(53)24(51)15-62-66(58,59)65-67(60,61)63-16-25-30(54)31(55)36(64-25)48-18-44-27-32(38)42-17-43-33(27)48/h12-13,17-18,23-26,29-31,36,39-41,50-55H,4-11,14-16H2,1-3H3,(H,58,59)(H,60,61)(H2,38,42,43)(H2,45,46,56,57)/t23-,24+,25+,26+,29-,30+,31+,36+/m0/s1. The smallest absolute Gasteiger partial charge is 0.388 e. The Hall–Kier alpha value is -4.29. The van der Waals surface area contributed by atoms with Crippen molar-refractivity contribution in [3.8, 4) is 0 Å². The summed E-state index contributed by atoms with van der Waals surface area (Å²) in [5.41, 5.74) is 6.19. The number of phosphoric ester groups is 2. The number of nitrogens with one attached hydrogen (secondary N) is 5. The Bertz CT molecular complexity index is 2530. The van der Waals surface area contributed by atoms with Crippen LogP contribution in [0.3, 0.4) is 0 Å². The van der Waals surface area contributed by atoms with E-state index in [2.05, 4.69) is 49.7 Å². The summed E-state index contributed by atoms with van der Waals surface area (Å²) in [5.74, 6) is -0.142. The molecule has 2 unspecified atom stereocenters. The van der Waals surface area contributed by atoms with E-state index in [1.807, 2.05) is 7.05 Å². The van der Waals surface area contributed by atoms with Crippen molar-refractivity contribution in [3.05, 3.63) is 56.8 Å². The maximum Gasteiger partial charge on any atom is 0.481 e. The molecule has 0 saturated carbocycles. The van der Waals surface area contributed by atoms with Gasteiger partial charge in [-0.25, -0.2) is 28.9 Å². The molecule has 4 aromatic rings. The zero-order valence-corrected chi connectivity index (χ0v) is 38.5. The second kappa shape index (κ2) is 22.4. The summed E-state index contributed by atoms with van der Waals surface area (Å²) in [7, 11) is -9.23. The van der Waals surface area contributed by atoms with Gasteiger partial charge in [0.15, 0.2) is 23.4 Å². The molecular weight excluding hydrogens is 930 g/mol. The summed E-state index contributed by atoms with van der Waals surface area (Å²) >= 11 is 0. The maximum atomic E-state index is 13.5. The monoisotopic (exact) mass is 988 g/mol. The molecule has 372 valence electrons. The van der Waals surface area contributed by atoms with Gasteiger partial charge in [-0.1, -0.05) is 0 Å². The highest BCUT2D eigenvalue weighted by Crippen LogP contribution is 2.60. The second-order valence-corrected chi connectivity index (χ2v) is 19.0. The van der Waals surface area contributed by atoms with Gasteiger partial charge in [0, 0.05) is 6.42 Å². The number of hydrogen-bond donors (Lipinski definition) is 14. The number of hydrogen-bond acceptors (Lipinski definition) is 23. The number of rotatable bonds is 25. The van der Waals surface area contributed by atoms with E-state index in [4.69, 9.17) is 15.0 Å². The molecule has 1 saturated heterocycles. The molecule has 30 heteroatoms. The van der Waals surface area contributed by atoms with Gasteiger partial charge >= 0.3 is 21.3 Å². The zero-order valence-electron chi connectivity index (χ0n) is 36.7. The van der Waals surface area contributed by atoms with Crippen molar-refractivity contribution in [1.29, 1.82) is 0 Å². The van der Waals surface area contributed by atoms with Gasteiger partial charge in [0.25, 0.3) is 5.56 Å². The molecule has 2 aliphatic rings. The lowest BCUT2D eigenvalue weighted by Crippen LogP contribution is -2.48. The fourth-order valence-corrected chi connectivity index (χ4v) is 9.58. The van der Waals surface area contributed by atoms with Crippen LogP contribution >= 0.6 is 15.6 Å². The summed E-state index contributed by atoms with van der Waals surface area (Å²) in [6.07, 6.45) is -9.47. The summed E-state index contributed by atoms with van der Waals surface area (Å²) in [6.45, 7) is 4.35. The molecule has 5 heterocycles. The number of benzene rings is 1. The van der Waals surface area contributed by atoms with E-state index in [1.54, 1.807) is 26.0 Å². The Labute approximate surface area is 382 Å². The Morgan fingerprint density at radius 2 is 1.54 bits per heavy atom. The number of imidazole rings is 1. The highest BCUT2D eigenvalue weighted by atomic mass is 31.3. The van der Waals surface area contributed by atoms with Crippen molar-refractivity contribution in [2.75, 3.05) is 75.1 Å². The molecule has 15 N–H and O–H groups in total. The molecule has 0 aliphatic carbocycles. The van der Waals surface area contributed by atoms with E-state index in [0.29, 0.717) is 18.8 Å². The number of aromatic nitrogens is 6. The van der Waals surface area contributed by atoms with Gasteiger partial charge in [0.1, 0.15) is 60.5 Å². The number of ether oxygens (including phenoxy) is 1. The van der Waals surface area contributed by atoms with Crippen molar-refractivity contribution in [1.82, 2.24) is 45.4 Å². The van der Waals surface area contributed by atoms with Crippen LogP contribution in [0.2, 0.25) is 0 Å².